The van der Waals surface area contributed by atoms with Gasteiger partial charge in [0.05, 0.1) is 0 Å². The summed E-state index contributed by atoms with van der Waals surface area (Å²) in [7, 11) is 0. The monoisotopic (exact) mass is 312 g/mol. The predicted octanol–water partition coefficient (Wildman–Crippen LogP) is 2.82. The first kappa shape index (κ1) is 16.0. The highest BCUT2D eigenvalue weighted by Gasteiger charge is 2.17. The van der Waals surface area contributed by atoms with Crippen molar-refractivity contribution in [3.63, 3.8) is 0 Å². The molecule has 0 radical (unpaired) electrons. The van der Waals surface area contributed by atoms with E-state index >= 15 is 0 Å². The summed E-state index contributed by atoms with van der Waals surface area (Å²) >= 11 is 0. The Kier molecular flexibility index (Phi) is 5.26. The fourth-order valence-electron chi connectivity index (χ4n) is 3.30. The third kappa shape index (κ3) is 4.30. The predicted molar refractivity (Wildman–Crippen MR) is 92.5 cm³/mol. The molecule has 0 saturated carbocycles. The second kappa shape index (κ2) is 7.57. The van der Waals surface area contributed by atoms with Crippen LogP contribution >= 0.6 is 0 Å². The molecule has 1 heterocycles. The Labute approximate surface area is 137 Å². The van der Waals surface area contributed by atoms with Crippen molar-refractivity contribution in [2.45, 2.75) is 19.4 Å². The molecule has 23 heavy (non-hydrogen) atoms. The van der Waals surface area contributed by atoms with Gasteiger partial charge >= 0.3 is 5.97 Å². The van der Waals surface area contributed by atoms with Gasteiger partial charge in [0.15, 0.2) is 0 Å². The molecule has 3 rings (SSSR count). The number of aliphatic carboxylic acids is 1. The summed E-state index contributed by atoms with van der Waals surface area (Å²) in [5.41, 5.74) is 1.39. The highest BCUT2D eigenvalue weighted by Crippen LogP contribution is 2.20. The maximum absolute atomic E-state index is 10.6. The van der Waals surface area contributed by atoms with Gasteiger partial charge in [-0.2, -0.15) is 0 Å². The van der Waals surface area contributed by atoms with Gasteiger partial charge in [-0.3, -0.25) is 9.69 Å². The van der Waals surface area contributed by atoms with E-state index in [9.17, 15) is 4.79 Å². The summed E-state index contributed by atoms with van der Waals surface area (Å²) in [5.74, 6) is -0.695. The minimum Gasteiger partial charge on any atom is -0.481 e. The zero-order chi connectivity index (χ0) is 16.1. The fraction of sp³-hybridized carbons (Fsp3) is 0.421. The number of hydrogen-bond acceptors (Lipinski definition) is 3. The molecule has 2 aromatic carbocycles. The quantitative estimate of drug-likeness (QED) is 0.891. The summed E-state index contributed by atoms with van der Waals surface area (Å²) in [6.07, 6.45) is 1.02. The number of carboxylic acid groups (broad SMARTS) is 1. The summed E-state index contributed by atoms with van der Waals surface area (Å²) < 4.78 is 0. The largest absolute Gasteiger partial charge is 0.481 e. The molecular weight excluding hydrogens is 288 g/mol. The summed E-state index contributed by atoms with van der Waals surface area (Å²) in [6, 6.07) is 15.1. The molecule has 2 aromatic rings. The molecular formula is C19H24N2O2. The van der Waals surface area contributed by atoms with E-state index in [1.807, 2.05) is 0 Å². The van der Waals surface area contributed by atoms with E-state index in [0.717, 1.165) is 45.7 Å². The first-order valence-corrected chi connectivity index (χ1v) is 8.35. The molecule has 1 fully saturated rings. The van der Waals surface area contributed by atoms with Crippen LogP contribution < -0.4 is 0 Å². The Balaban J connectivity index is 1.53. The van der Waals surface area contributed by atoms with Crippen LogP contribution in [0.5, 0.6) is 0 Å². The molecule has 1 aliphatic heterocycles. The van der Waals surface area contributed by atoms with Crippen LogP contribution in [0.4, 0.5) is 0 Å². The second-order valence-corrected chi connectivity index (χ2v) is 6.25. The van der Waals surface area contributed by atoms with E-state index in [-0.39, 0.29) is 6.42 Å². The summed E-state index contributed by atoms with van der Waals surface area (Å²) in [4.78, 5) is 15.4. The van der Waals surface area contributed by atoms with Crippen LogP contribution in [0.1, 0.15) is 18.4 Å². The van der Waals surface area contributed by atoms with Gasteiger partial charge in [-0.05, 0) is 29.3 Å². The average Bonchev–Trinajstić information content (AvgIpc) is 2.56. The molecule has 0 unspecified atom stereocenters. The molecule has 1 aliphatic rings. The molecule has 122 valence electrons. The van der Waals surface area contributed by atoms with E-state index in [2.05, 4.69) is 52.3 Å². The Morgan fingerprint density at radius 3 is 2.43 bits per heavy atom. The first-order chi connectivity index (χ1) is 11.2. The number of carboxylic acids is 1. The van der Waals surface area contributed by atoms with Gasteiger partial charge in [-0.25, -0.2) is 0 Å². The maximum atomic E-state index is 10.6. The molecule has 4 nitrogen and oxygen atoms in total. The van der Waals surface area contributed by atoms with Crippen molar-refractivity contribution in [1.29, 1.82) is 0 Å². The molecule has 0 bridgehead atoms. The topological polar surface area (TPSA) is 43.8 Å². The van der Waals surface area contributed by atoms with Crippen molar-refractivity contribution in [3.05, 3.63) is 48.0 Å². The highest BCUT2D eigenvalue weighted by molar-refractivity contribution is 5.85. The zero-order valence-corrected chi connectivity index (χ0v) is 13.4. The highest BCUT2D eigenvalue weighted by atomic mass is 16.4. The van der Waals surface area contributed by atoms with Crippen LogP contribution in [0.15, 0.2) is 42.5 Å². The number of hydrogen-bond donors (Lipinski definition) is 1. The standard InChI is InChI=1S/C19H24N2O2/c22-19(23)9-4-10-20-11-13-21(14-12-20)15-17-7-3-6-16-5-1-2-8-18(16)17/h1-3,5-8H,4,9-15H2,(H,22,23). The van der Waals surface area contributed by atoms with Crippen molar-refractivity contribution >= 4 is 16.7 Å². The van der Waals surface area contributed by atoms with Crippen molar-refractivity contribution < 1.29 is 9.90 Å². The number of fused-ring (bicyclic) bond motifs is 1. The van der Waals surface area contributed by atoms with Gasteiger partial charge in [0, 0.05) is 39.1 Å². The third-order valence-electron chi connectivity index (χ3n) is 4.60. The van der Waals surface area contributed by atoms with Gasteiger partial charge in [0.2, 0.25) is 0 Å². The van der Waals surface area contributed by atoms with E-state index < -0.39 is 5.97 Å². The van der Waals surface area contributed by atoms with Gasteiger partial charge in [0.1, 0.15) is 0 Å². The number of nitrogens with zero attached hydrogens (tertiary/aromatic N) is 2. The fourth-order valence-corrected chi connectivity index (χ4v) is 3.30. The molecule has 0 amide bonds. The molecule has 0 spiro atoms. The van der Waals surface area contributed by atoms with Crippen LogP contribution in [0, 0.1) is 0 Å². The molecule has 1 saturated heterocycles. The Morgan fingerprint density at radius 1 is 0.957 bits per heavy atom. The van der Waals surface area contributed by atoms with Crippen LogP contribution in [-0.4, -0.2) is 53.6 Å². The van der Waals surface area contributed by atoms with Crippen molar-refractivity contribution in [2.24, 2.45) is 0 Å². The normalized spacial score (nSPS) is 16.7. The molecule has 4 heteroatoms. The van der Waals surface area contributed by atoms with Crippen LogP contribution in [-0.2, 0) is 11.3 Å². The van der Waals surface area contributed by atoms with Gasteiger partial charge in [0.25, 0.3) is 0 Å². The van der Waals surface area contributed by atoms with Gasteiger partial charge in [-0.15, -0.1) is 0 Å². The molecule has 0 aromatic heterocycles. The smallest absolute Gasteiger partial charge is 0.303 e. The lowest BCUT2D eigenvalue weighted by Crippen LogP contribution is -2.46. The lowest BCUT2D eigenvalue weighted by molar-refractivity contribution is -0.137. The van der Waals surface area contributed by atoms with Crippen molar-refractivity contribution in [3.8, 4) is 0 Å². The average molecular weight is 312 g/mol. The number of rotatable bonds is 6. The zero-order valence-electron chi connectivity index (χ0n) is 13.4. The van der Waals surface area contributed by atoms with Crippen LogP contribution in [0.25, 0.3) is 10.8 Å². The maximum Gasteiger partial charge on any atom is 0.303 e. The summed E-state index contributed by atoms with van der Waals surface area (Å²) in [6.45, 7) is 6.06. The van der Waals surface area contributed by atoms with E-state index in [0.29, 0.717) is 0 Å². The molecule has 0 aliphatic carbocycles. The number of piperazine rings is 1. The van der Waals surface area contributed by atoms with Gasteiger partial charge in [-0.1, -0.05) is 42.5 Å². The Hall–Kier alpha value is -1.91. The van der Waals surface area contributed by atoms with Crippen LogP contribution in [0.2, 0.25) is 0 Å². The Morgan fingerprint density at radius 2 is 1.65 bits per heavy atom. The second-order valence-electron chi connectivity index (χ2n) is 6.25. The Bertz CT molecular complexity index is 658. The minimum absolute atomic E-state index is 0.274. The van der Waals surface area contributed by atoms with Gasteiger partial charge < -0.3 is 10.0 Å². The summed E-state index contributed by atoms with van der Waals surface area (Å²) in [5, 5.41) is 11.4. The lowest BCUT2D eigenvalue weighted by atomic mass is 10.0. The van der Waals surface area contributed by atoms with E-state index in [1.165, 1.54) is 16.3 Å². The number of benzene rings is 2. The van der Waals surface area contributed by atoms with E-state index in [4.69, 9.17) is 5.11 Å². The van der Waals surface area contributed by atoms with E-state index in [1.54, 1.807) is 0 Å². The van der Waals surface area contributed by atoms with Crippen molar-refractivity contribution in [2.75, 3.05) is 32.7 Å². The van der Waals surface area contributed by atoms with Crippen molar-refractivity contribution in [1.82, 2.24) is 9.80 Å². The lowest BCUT2D eigenvalue weighted by Gasteiger charge is -2.34. The molecule has 1 N–H and O–H groups in total. The first-order valence-electron chi connectivity index (χ1n) is 8.35. The molecule has 0 atom stereocenters. The SMILES string of the molecule is O=C(O)CCCN1CCN(Cc2cccc3ccccc23)CC1. The van der Waals surface area contributed by atoms with Crippen LogP contribution in [0.3, 0.4) is 0 Å². The minimum atomic E-state index is -0.695. The third-order valence-corrected chi connectivity index (χ3v) is 4.60. The number of carbonyl (C=O) groups is 1.